The van der Waals surface area contributed by atoms with Crippen LogP contribution in [0.2, 0.25) is 0 Å². The molecular formula is C21H21F2N3O2. The summed E-state index contributed by atoms with van der Waals surface area (Å²) in [6.07, 6.45) is 1.47. The first-order valence-corrected chi connectivity index (χ1v) is 9.38. The van der Waals surface area contributed by atoms with Crippen LogP contribution in [0.5, 0.6) is 0 Å². The number of nitrogens with one attached hydrogen (secondary N) is 1. The minimum absolute atomic E-state index is 0.0393. The molecule has 2 aromatic carbocycles. The van der Waals surface area contributed by atoms with Gasteiger partial charge in [0.25, 0.3) is 0 Å². The highest BCUT2D eigenvalue weighted by atomic mass is 19.1. The van der Waals surface area contributed by atoms with E-state index in [9.17, 15) is 18.4 Å². The van der Waals surface area contributed by atoms with Crippen molar-refractivity contribution in [2.24, 2.45) is 0 Å². The average molecular weight is 385 g/mol. The number of anilines is 3. The van der Waals surface area contributed by atoms with Crippen LogP contribution in [0.15, 0.2) is 36.4 Å². The Labute approximate surface area is 161 Å². The standard InChI is InChI=1S/C21H21F2N3O2/c1-13-9-19(27)24-17-6-2-3-7-18(17)26(13)20(28)12-25-8-4-5-14-10-15(22)11-16(23)21(14)25/h2-3,6-7,10-11,13H,4-5,8-9,12H2,1H3,(H,24,27)/t13-/m1/s1. The molecule has 2 aromatic rings. The second kappa shape index (κ2) is 7.22. The van der Waals surface area contributed by atoms with E-state index in [1.807, 2.05) is 13.0 Å². The Morgan fingerprint density at radius 1 is 1.25 bits per heavy atom. The largest absolute Gasteiger partial charge is 0.360 e. The molecule has 7 heteroatoms. The maximum atomic E-state index is 14.4. The number of rotatable bonds is 2. The third-order valence-corrected chi connectivity index (χ3v) is 5.25. The number of hydrogen-bond acceptors (Lipinski definition) is 3. The Kier molecular flexibility index (Phi) is 4.75. The number of fused-ring (bicyclic) bond motifs is 2. The third kappa shape index (κ3) is 3.32. The molecule has 0 radical (unpaired) electrons. The number of aryl methyl sites for hydroxylation is 1. The van der Waals surface area contributed by atoms with Crippen molar-refractivity contribution in [2.75, 3.05) is 28.2 Å². The first-order chi connectivity index (χ1) is 13.4. The molecule has 0 aromatic heterocycles. The highest BCUT2D eigenvalue weighted by Crippen LogP contribution is 2.34. The number of carbonyl (C=O) groups excluding carboxylic acids is 2. The lowest BCUT2D eigenvalue weighted by molar-refractivity contribution is -0.118. The van der Waals surface area contributed by atoms with Crippen LogP contribution in [0, 0.1) is 11.6 Å². The van der Waals surface area contributed by atoms with Crippen molar-refractivity contribution in [3.8, 4) is 0 Å². The van der Waals surface area contributed by atoms with Crippen LogP contribution < -0.4 is 15.1 Å². The van der Waals surface area contributed by atoms with Gasteiger partial charge in [-0.15, -0.1) is 0 Å². The van der Waals surface area contributed by atoms with Crippen molar-refractivity contribution in [3.63, 3.8) is 0 Å². The molecule has 0 aliphatic carbocycles. The van der Waals surface area contributed by atoms with E-state index in [1.54, 1.807) is 28.0 Å². The van der Waals surface area contributed by atoms with Crippen LogP contribution >= 0.6 is 0 Å². The van der Waals surface area contributed by atoms with Crippen LogP contribution in [0.3, 0.4) is 0 Å². The van der Waals surface area contributed by atoms with Crippen molar-refractivity contribution in [3.05, 3.63) is 53.6 Å². The van der Waals surface area contributed by atoms with Gasteiger partial charge in [-0.1, -0.05) is 12.1 Å². The van der Waals surface area contributed by atoms with Gasteiger partial charge in [0.05, 0.1) is 23.6 Å². The number of halogens is 2. The molecular weight excluding hydrogens is 364 g/mol. The fourth-order valence-electron chi connectivity index (χ4n) is 4.10. The molecule has 5 nitrogen and oxygen atoms in total. The maximum absolute atomic E-state index is 14.4. The molecule has 2 aliphatic heterocycles. The summed E-state index contributed by atoms with van der Waals surface area (Å²) in [5.41, 5.74) is 2.09. The SMILES string of the molecule is C[C@@H]1CC(=O)Nc2ccccc2N1C(=O)CN1CCCc2cc(F)cc(F)c21. The molecule has 0 saturated carbocycles. The van der Waals surface area contributed by atoms with E-state index in [2.05, 4.69) is 5.32 Å². The van der Waals surface area contributed by atoms with Crippen molar-refractivity contribution in [2.45, 2.75) is 32.2 Å². The average Bonchev–Trinajstić information content (AvgIpc) is 2.75. The van der Waals surface area contributed by atoms with E-state index in [4.69, 9.17) is 0 Å². The quantitative estimate of drug-likeness (QED) is 0.861. The van der Waals surface area contributed by atoms with Gasteiger partial charge in [-0.05, 0) is 43.5 Å². The van der Waals surface area contributed by atoms with Gasteiger partial charge in [0.15, 0.2) is 0 Å². The zero-order valence-electron chi connectivity index (χ0n) is 15.5. The van der Waals surface area contributed by atoms with Crippen molar-refractivity contribution < 1.29 is 18.4 Å². The van der Waals surface area contributed by atoms with Crippen LogP contribution in [0.25, 0.3) is 0 Å². The Hall–Kier alpha value is -2.96. The first kappa shape index (κ1) is 18.4. The maximum Gasteiger partial charge on any atom is 0.246 e. The van der Waals surface area contributed by atoms with Gasteiger partial charge < -0.3 is 15.1 Å². The molecule has 28 heavy (non-hydrogen) atoms. The smallest absolute Gasteiger partial charge is 0.246 e. The summed E-state index contributed by atoms with van der Waals surface area (Å²) in [7, 11) is 0. The molecule has 2 amide bonds. The minimum Gasteiger partial charge on any atom is -0.360 e. The van der Waals surface area contributed by atoms with Crippen LogP contribution in [-0.4, -0.2) is 30.9 Å². The van der Waals surface area contributed by atoms with Crippen LogP contribution in [0.1, 0.15) is 25.3 Å². The summed E-state index contributed by atoms with van der Waals surface area (Å²) < 4.78 is 28.0. The molecule has 0 unspecified atom stereocenters. The summed E-state index contributed by atoms with van der Waals surface area (Å²) in [6, 6.07) is 9.00. The third-order valence-electron chi connectivity index (χ3n) is 5.25. The highest BCUT2D eigenvalue weighted by Gasteiger charge is 2.32. The predicted molar refractivity (Wildman–Crippen MR) is 104 cm³/mol. The number of carbonyl (C=O) groups is 2. The van der Waals surface area contributed by atoms with Gasteiger partial charge in [-0.2, -0.15) is 0 Å². The summed E-state index contributed by atoms with van der Waals surface area (Å²) in [4.78, 5) is 28.6. The molecule has 0 saturated heterocycles. The Balaban J connectivity index is 1.66. The predicted octanol–water partition coefficient (Wildman–Crippen LogP) is 3.48. The molecule has 0 spiro atoms. The molecule has 1 N–H and O–H groups in total. The van der Waals surface area contributed by atoms with Crippen LogP contribution in [-0.2, 0) is 16.0 Å². The van der Waals surface area contributed by atoms with Gasteiger partial charge in [-0.3, -0.25) is 9.59 Å². The molecule has 2 heterocycles. The molecule has 4 rings (SSSR count). The normalized spacial score (nSPS) is 18.8. The zero-order valence-corrected chi connectivity index (χ0v) is 15.5. The van der Waals surface area contributed by atoms with E-state index in [0.717, 1.165) is 12.5 Å². The highest BCUT2D eigenvalue weighted by molar-refractivity contribution is 6.05. The number of nitrogens with zero attached hydrogens (tertiary/aromatic N) is 2. The van der Waals surface area contributed by atoms with Gasteiger partial charge in [-0.25, -0.2) is 8.78 Å². The molecule has 0 bridgehead atoms. The molecule has 146 valence electrons. The van der Waals surface area contributed by atoms with Crippen molar-refractivity contribution in [1.82, 2.24) is 0 Å². The number of hydrogen-bond donors (Lipinski definition) is 1. The van der Waals surface area contributed by atoms with Crippen molar-refractivity contribution in [1.29, 1.82) is 0 Å². The fourth-order valence-corrected chi connectivity index (χ4v) is 4.10. The van der Waals surface area contributed by atoms with Crippen LogP contribution in [0.4, 0.5) is 25.8 Å². The molecule has 0 fully saturated rings. The van der Waals surface area contributed by atoms with Crippen molar-refractivity contribution >= 4 is 28.9 Å². The zero-order chi connectivity index (χ0) is 19.8. The van der Waals surface area contributed by atoms with E-state index in [-0.39, 0.29) is 30.8 Å². The van der Waals surface area contributed by atoms with E-state index >= 15 is 0 Å². The summed E-state index contributed by atoms with van der Waals surface area (Å²) in [5, 5.41) is 2.82. The lowest BCUT2D eigenvalue weighted by Gasteiger charge is -2.34. The lowest BCUT2D eigenvalue weighted by Crippen LogP contribution is -2.46. The minimum atomic E-state index is -0.649. The Bertz CT molecular complexity index is 947. The summed E-state index contributed by atoms with van der Waals surface area (Å²) in [5.74, 6) is -1.64. The van der Waals surface area contributed by atoms with Gasteiger partial charge in [0.1, 0.15) is 11.6 Å². The number of para-hydroxylation sites is 2. The monoisotopic (exact) mass is 385 g/mol. The number of amides is 2. The topological polar surface area (TPSA) is 52.7 Å². The van der Waals surface area contributed by atoms with Gasteiger partial charge in [0.2, 0.25) is 11.8 Å². The Morgan fingerprint density at radius 2 is 2.04 bits per heavy atom. The van der Waals surface area contributed by atoms with Gasteiger partial charge in [0, 0.05) is 25.1 Å². The van der Waals surface area contributed by atoms with E-state index in [0.29, 0.717) is 35.6 Å². The van der Waals surface area contributed by atoms with E-state index in [1.165, 1.54) is 6.07 Å². The fraction of sp³-hybridized carbons (Fsp3) is 0.333. The Morgan fingerprint density at radius 3 is 2.86 bits per heavy atom. The second-order valence-electron chi connectivity index (χ2n) is 7.30. The summed E-state index contributed by atoms with van der Waals surface area (Å²) in [6.45, 7) is 2.30. The van der Waals surface area contributed by atoms with Gasteiger partial charge >= 0.3 is 0 Å². The summed E-state index contributed by atoms with van der Waals surface area (Å²) >= 11 is 0. The lowest BCUT2D eigenvalue weighted by atomic mass is 10.0. The molecule has 1 atom stereocenters. The second-order valence-corrected chi connectivity index (χ2v) is 7.30. The first-order valence-electron chi connectivity index (χ1n) is 9.38. The van der Waals surface area contributed by atoms with E-state index < -0.39 is 11.6 Å². The molecule has 2 aliphatic rings. The number of benzene rings is 2.